The normalized spacial score (nSPS) is 16.2. The van der Waals surface area contributed by atoms with Crippen LogP contribution in [0.4, 0.5) is 5.95 Å². The van der Waals surface area contributed by atoms with Crippen LogP contribution in [-0.4, -0.2) is 33.0 Å². The second-order valence-electron chi connectivity index (χ2n) is 5.64. The number of allylic oxidation sites excluding steroid dienone is 1. The lowest BCUT2D eigenvalue weighted by Crippen LogP contribution is -2.32. The third-order valence-electron chi connectivity index (χ3n) is 3.94. The maximum atomic E-state index is 12.3. The smallest absolute Gasteiger partial charge is 0.248 e. The highest BCUT2D eigenvalue weighted by atomic mass is 79.9. The number of anilines is 1. The van der Waals surface area contributed by atoms with Crippen LogP contribution in [0.25, 0.3) is 0 Å². The molecule has 0 aliphatic carbocycles. The molecule has 0 saturated carbocycles. The predicted octanol–water partition coefficient (Wildman–Crippen LogP) is 3.33. The molecule has 0 saturated heterocycles. The first-order valence-corrected chi connectivity index (χ1v) is 10.0. The molecule has 2 heterocycles. The van der Waals surface area contributed by atoms with E-state index in [0.29, 0.717) is 34.7 Å². The Kier molecular flexibility index (Phi) is 5.57. The molecule has 1 aliphatic heterocycles. The molecule has 1 aliphatic rings. The van der Waals surface area contributed by atoms with Gasteiger partial charge in [0.1, 0.15) is 11.8 Å². The number of carbonyl (C=O) groups is 1. The van der Waals surface area contributed by atoms with E-state index in [9.17, 15) is 4.79 Å². The van der Waals surface area contributed by atoms with E-state index in [4.69, 9.17) is 10.5 Å². The fourth-order valence-electron chi connectivity index (χ4n) is 2.95. The van der Waals surface area contributed by atoms with Crippen molar-refractivity contribution in [2.45, 2.75) is 32.0 Å². The first-order valence-electron chi connectivity index (χ1n) is 8.25. The summed E-state index contributed by atoms with van der Waals surface area (Å²) in [4.78, 5) is 16.8. The molecule has 0 fully saturated rings. The third-order valence-corrected chi connectivity index (χ3v) is 5.15. The molecule has 1 aromatic heterocycles. The Bertz CT molecular complexity index is 880. The van der Waals surface area contributed by atoms with E-state index in [1.807, 2.05) is 39.0 Å². The van der Waals surface area contributed by atoms with Crippen molar-refractivity contribution in [1.82, 2.24) is 14.8 Å². The van der Waals surface area contributed by atoms with Crippen LogP contribution < -0.4 is 15.8 Å². The number of thioether (sulfide) groups is 1. The molecule has 0 spiro atoms. The summed E-state index contributed by atoms with van der Waals surface area (Å²) in [6.07, 6.45) is 0. The number of aromatic nitrogens is 3. The molecule has 0 bridgehead atoms. The molecule has 2 aromatic rings. The van der Waals surface area contributed by atoms with Gasteiger partial charge in [-0.2, -0.15) is 4.98 Å². The first kappa shape index (κ1) is 18.8. The maximum Gasteiger partial charge on any atom is 0.248 e. The number of amides is 1. The summed E-state index contributed by atoms with van der Waals surface area (Å²) in [7, 11) is 0. The number of rotatable bonds is 6. The van der Waals surface area contributed by atoms with Gasteiger partial charge in [-0.3, -0.25) is 4.79 Å². The van der Waals surface area contributed by atoms with Crippen molar-refractivity contribution in [3.05, 3.63) is 39.5 Å². The van der Waals surface area contributed by atoms with Crippen LogP contribution in [0.3, 0.4) is 0 Å². The molecule has 3 N–H and O–H groups in total. The number of ether oxygens (including phenoxy) is 1. The lowest BCUT2D eigenvalue weighted by atomic mass is 9.94. The Hall–Kier alpha value is -2.00. The number of hydrogen-bond acceptors (Lipinski definition) is 6. The van der Waals surface area contributed by atoms with E-state index in [1.54, 1.807) is 4.68 Å². The Morgan fingerprint density at radius 1 is 1.46 bits per heavy atom. The number of benzene rings is 1. The lowest BCUT2D eigenvalue weighted by Gasteiger charge is -2.28. The highest BCUT2D eigenvalue weighted by Gasteiger charge is 2.35. The van der Waals surface area contributed by atoms with Gasteiger partial charge in [0.2, 0.25) is 17.0 Å². The van der Waals surface area contributed by atoms with Crippen molar-refractivity contribution in [3.8, 4) is 5.75 Å². The number of primary amides is 1. The largest absolute Gasteiger partial charge is 0.494 e. The summed E-state index contributed by atoms with van der Waals surface area (Å²) in [6, 6.07) is 5.19. The van der Waals surface area contributed by atoms with E-state index < -0.39 is 11.9 Å². The molecule has 1 atom stereocenters. The van der Waals surface area contributed by atoms with Gasteiger partial charge in [-0.25, -0.2) is 4.68 Å². The molecule has 7 nitrogen and oxygen atoms in total. The Morgan fingerprint density at radius 3 is 2.88 bits per heavy atom. The van der Waals surface area contributed by atoms with Crippen LogP contribution in [0.15, 0.2) is 39.1 Å². The second kappa shape index (κ2) is 7.71. The van der Waals surface area contributed by atoms with Gasteiger partial charge < -0.3 is 15.8 Å². The summed E-state index contributed by atoms with van der Waals surface area (Å²) in [5, 5.41) is 8.37. The van der Waals surface area contributed by atoms with Crippen molar-refractivity contribution < 1.29 is 9.53 Å². The minimum Gasteiger partial charge on any atom is -0.494 e. The topological polar surface area (TPSA) is 95.1 Å². The number of halogens is 1. The Balaban J connectivity index is 2.22. The van der Waals surface area contributed by atoms with Crippen molar-refractivity contribution >= 4 is 39.5 Å². The molecule has 3 rings (SSSR count). The highest BCUT2D eigenvalue weighted by Crippen LogP contribution is 2.40. The van der Waals surface area contributed by atoms with Crippen molar-refractivity contribution in [2.24, 2.45) is 5.73 Å². The van der Waals surface area contributed by atoms with Gasteiger partial charge in [0.25, 0.3) is 0 Å². The van der Waals surface area contributed by atoms with E-state index in [2.05, 4.69) is 31.3 Å². The molecular weight excluding hydrogens is 418 g/mol. The van der Waals surface area contributed by atoms with Gasteiger partial charge in [0.05, 0.1) is 12.2 Å². The number of nitrogens with two attached hydrogens (primary N) is 1. The van der Waals surface area contributed by atoms with Crippen LogP contribution in [0.2, 0.25) is 0 Å². The molecule has 1 amide bonds. The van der Waals surface area contributed by atoms with Crippen LogP contribution >= 0.6 is 27.7 Å². The van der Waals surface area contributed by atoms with Gasteiger partial charge in [0.15, 0.2) is 0 Å². The molecule has 26 heavy (non-hydrogen) atoms. The summed E-state index contributed by atoms with van der Waals surface area (Å²) in [5.74, 6) is 1.61. The molecule has 138 valence electrons. The SMILES string of the molecule is CCOc1ccc(Br)cc1C1C(C(N)=O)=C(C)Nc2nc(SCC)nn21. The zero-order valence-electron chi connectivity index (χ0n) is 14.7. The lowest BCUT2D eigenvalue weighted by molar-refractivity contribution is -0.115. The number of nitrogens with zero attached hydrogens (tertiary/aromatic N) is 3. The summed E-state index contributed by atoms with van der Waals surface area (Å²) < 4.78 is 8.37. The van der Waals surface area contributed by atoms with Gasteiger partial charge >= 0.3 is 0 Å². The summed E-state index contributed by atoms with van der Waals surface area (Å²) >= 11 is 5.04. The summed E-state index contributed by atoms with van der Waals surface area (Å²) in [5.41, 5.74) is 7.62. The fourth-order valence-corrected chi connectivity index (χ4v) is 3.88. The van der Waals surface area contributed by atoms with Crippen LogP contribution in [0.5, 0.6) is 5.75 Å². The fraction of sp³-hybridized carbons (Fsp3) is 0.353. The van der Waals surface area contributed by atoms with Gasteiger partial charge in [-0.15, -0.1) is 5.10 Å². The van der Waals surface area contributed by atoms with E-state index in [-0.39, 0.29) is 0 Å². The van der Waals surface area contributed by atoms with Gasteiger partial charge in [-0.1, -0.05) is 34.6 Å². The van der Waals surface area contributed by atoms with Crippen molar-refractivity contribution in [3.63, 3.8) is 0 Å². The zero-order valence-corrected chi connectivity index (χ0v) is 17.1. The number of fused-ring (bicyclic) bond motifs is 1. The van der Waals surface area contributed by atoms with Crippen LogP contribution in [0.1, 0.15) is 32.4 Å². The first-order chi connectivity index (χ1) is 12.5. The van der Waals surface area contributed by atoms with E-state index >= 15 is 0 Å². The number of hydrogen-bond donors (Lipinski definition) is 2. The average molecular weight is 438 g/mol. The van der Waals surface area contributed by atoms with E-state index in [1.165, 1.54) is 11.8 Å². The monoisotopic (exact) mass is 437 g/mol. The number of nitrogens with one attached hydrogen (secondary N) is 1. The summed E-state index contributed by atoms with van der Waals surface area (Å²) in [6.45, 7) is 6.28. The Morgan fingerprint density at radius 2 is 2.23 bits per heavy atom. The predicted molar refractivity (Wildman–Crippen MR) is 105 cm³/mol. The average Bonchev–Trinajstić information content (AvgIpc) is 2.97. The number of carbonyl (C=O) groups excluding carboxylic acids is 1. The Labute approximate surface area is 164 Å². The highest BCUT2D eigenvalue weighted by molar-refractivity contribution is 9.10. The van der Waals surface area contributed by atoms with E-state index in [0.717, 1.165) is 15.8 Å². The molecule has 9 heteroatoms. The van der Waals surface area contributed by atoms with Gasteiger partial charge in [0, 0.05) is 15.7 Å². The zero-order chi connectivity index (χ0) is 18.8. The maximum absolute atomic E-state index is 12.3. The molecule has 0 radical (unpaired) electrons. The van der Waals surface area contributed by atoms with Crippen molar-refractivity contribution in [2.75, 3.05) is 17.7 Å². The minimum absolute atomic E-state index is 0.439. The quantitative estimate of drug-likeness (QED) is 0.672. The molecular formula is C17H20BrN5O2S. The van der Waals surface area contributed by atoms with Crippen LogP contribution in [0, 0.1) is 0 Å². The van der Waals surface area contributed by atoms with Crippen molar-refractivity contribution in [1.29, 1.82) is 0 Å². The standard InChI is InChI=1S/C17H20BrN5O2S/c1-4-25-12-7-6-10(18)8-11(12)14-13(15(19)24)9(3)20-16-21-17(26-5-2)22-23(14)16/h6-8,14H,4-5H2,1-3H3,(H2,19,24)(H,20,21,22). The second-order valence-corrected chi connectivity index (χ2v) is 7.79. The van der Waals surface area contributed by atoms with Crippen LogP contribution in [-0.2, 0) is 4.79 Å². The molecule has 1 unspecified atom stereocenters. The minimum atomic E-state index is -0.512. The molecule has 1 aromatic carbocycles. The van der Waals surface area contributed by atoms with Gasteiger partial charge in [-0.05, 0) is 37.8 Å². The third kappa shape index (κ3) is 3.45.